The average Bonchev–Trinajstić information content (AvgIpc) is 2.96. The molecule has 1 aromatic carbocycles. The van der Waals surface area contributed by atoms with Crippen LogP contribution in [0.1, 0.15) is 18.4 Å². The van der Waals surface area contributed by atoms with E-state index in [-0.39, 0.29) is 5.69 Å². The average molecular weight is 274 g/mol. The highest BCUT2D eigenvalue weighted by atomic mass is 16.6. The van der Waals surface area contributed by atoms with E-state index in [4.69, 9.17) is 0 Å². The summed E-state index contributed by atoms with van der Waals surface area (Å²) in [6.07, 6.45) is 6.33. The van der Waals surface area contributed by atoms with Crippen molar-refractivity contribution < 1.29 is 4.92 Å². The smallest absolute Gasteiger partial charge is 0.269 e. The number of non-ortho nitro benzene ring substituents is 1. The minimum absolute atomic E-state index is 0.105. The molecule has 0 radical (unpaired) electrons. The topological polar surface area (TPSA) is 79.6 Å². The van der Waals surface area contributed by atoms with Crippen molar-refractivity contribution in [3.63, 3.8) is 0 Å². The van der Waals surface area contributed by atoms with E-state index in [1.807, 2.05) is 0 Å². The number of nitro benzene ring substituents is 1. The molecule has 0 spiro atoms. The van der Waals surface area contributed by atoms with Gasteiger partial charge >= 0.3 is 0 Å². The zero-order valence-electron chi connectivity index (χ0n) is 11.4. The van der Waals surface area contributed by atoms with Gasteiger partial charge in [0.2, 0.25) is 0 Å². The maximum Gasteiger partial charge on any atom is 0.269 e. The Morgan fingerprint density at radius 3 is 2.55 bits per heavy atom. The molecule has 1 aliphatic rings. The van der Waals surface area contributed by atoms with E-state index in [2.05, 4.69) is 27.8 Å². The second-order valence-electron chi connectivity index (χ2n) is 4.63. The highest BCUT2D eigenvalue weighted by Gasteiger charge is 2.11. The van der Waals surface area contributed by atoms with E-state index in [0.29, 0.717) is 12.6 Å². The van der Waals surface area contributed by atoms with Crippen LogP contribution in [-0.2, 0) is 6.54 Å². The number of hydrogen-bond donors (Lipinski definition) is 2. The Balaban J connectivity index is 1.84. The van der Waals surface area contributed by atoms with Gasteiger partial charge in [0.1, 0.15) is 0 Å². The van der Waals surface area contributed by atoms with E-state index in [9.17, 15) is 10.1 Å². The van der Waals surface area contributed by atoms with Crippen molar-refractivity contribution in [1.82, 2.24) is 10.6 Å². The lowest BCUT2D eigenvalue weighted by Crippen LogP contribution is -2.42. The zero-order valence-corrected chi connectivity index (χ0v) is 11.4. The van der Waals surface area contributed by atoms with Crippen LogP contribution in [0.2, 0.25) is 0 Å². The summed E-state index contributed by atoms with van der Waals surface area (Å²) in [6.45, 7) is 0.581. The Kier molecular flexibility index (Phi) is 4.70. The molecule has 0 saturated heterocycles. The van der Waals surface area contributed by atoms with Crippen LogP contribution in [0.5, 0.6) is 0 Å². The van der Waals surface area contributed by atoms with Gasteiger partial charge in [-0.1, -0.05) is 24.3 Å². The molecule has 0 bridgehead atoms. The summed E-state index contributed by atoms with van der Waals surface area (Å²) < 4.78 is 0. The van der Waals surface area contributed by atoms with Crippen molar-refractivity contribution in [2.75, 3.05) is 7.05 Å². The van der Waals surface area contributed by atoms with Crippen LogP contribution >= 0.6 is 0 Å². The molecule has 0 aromatic heterocycles. The third-order valence-corrected chi connectivity index (χ3v) is 3.18. The molecule has 20 heavy (non-hydrogen) atoms. The summed E-state index contributed by atoms with van der Waals surface area (Å²) in [6, 6.07) is 6.91. The van der Waals surface area contributed by atoms with E-state index in [1.54, 1.807) is 19.2 Å². The summed E-state index contributed by atoms with van der Waals surface area (Å²) in [5, 5.41) is 17.1. The number of nitro groups is 1. The molecule has 0 amide bonds. The first-order valence-corrected chi connectivity index (χ1v) is 6.54. The number of nitrogens with zero attached hydrogens (tertiary/aromatic N) is 2. The first-order chi connectivity index (χ1) is 9.69. The van der Waals surface area contributed by atoms with Gasteiger partial charge in [-0.25, -0.2) is 0 Å². The van der Waals surface area contributed by atoms with E-state index < -0.39 is 4.92 Å². The third-order valence-electron chi connectivity index (χ3n) is 3.18. The van der Waals surface area contributed by atoms with Crippen molar-refractivity contribution in [1.29, 1.82) is 0 Å². The summed E-state index contributed by atoms with van der Waals surface area (Å²) in [7, 11) is 1.73. The van der Waals surface area contributed by atoms with Gasteiger partial charge in [0.05, 0.1) is 4.92 Å². The monoisotopic (exact) mass is 274 g/mol. The molecule has 0 atom stereocenters. The summed E-state index contributed by atoms with van der Waals surface area (Å²) in [4.78, 5) is 14.3. The predicted molar refractivity (Wildman–Crippen MR) is 78.6 cm³/mol. The van der Waals surface area contributed by atoms with Crippen molar-refractivity contribution >= 4 is 11.6 Å². The second-order valence-corrected chi connectivity index (χ2v) is 4.63. The zero-order chi connectivity index (χ0) is 14.4. The van der Waals surface area contributed by atoms with Crippen molar-refractivity contribution in [3.8, 4) is 0 Å². The highest BCUT2D eigenvalue weighted by Crippen LogP contribution is 2.12. The SMILES string of the molecule is CN=C(NCc1ccc([N+](=O)[O-])cc1)NC1CC=CC1. The molecule has 6 heteroatoms. The Hall–Kier alpha value is -2.37. The van der Waals surface area contributed by atoms with Gasteiger partial charge in [-0.3, -0.25) is 15.1 Å². The van der Waals surface area contributed by atoms with Gasteiger partial charge in [0, 0.05) is 31.8 Å². The fraction of sp³-hybridized carbons (Fsp3) is 0.357. The largest absolute Gasteiger partial charge is 0.353 e. The van der Waals surface area contributed by atoms with Gasteiger partial charge < -0.3 is 10.6 Å². The predicted octanol–water partition coefficient (Wildman–Crippen LogP) is 1.98. The Bertz CT molecular complexity index is 514. The minimum atomic E-state index is -0.398. The van der Waals surface area contributed by atoms with Crippen LogP contribution in [0.25, 0.3) is 0 Å². The molecule has 106 valence electrons. The molecule has 2 rings (SSSR count). The fourth-order valence-electron chi connectivity index (χ4n) is 2.04. The first kappa shape index (κ1) is 14.0. The van der Waals surface area contributed by atoms with Crippen LogP contribution in [0, 0.1) is 10.1 Å². The lowest BCUT2D eigenvalue weighted by Gasteiger charge is -2.16. The normalized spacial score (nSPS) is 15.3. The number of nitrogens with one attached hydrogen (secondary N) is 2. The van der Waals surface area contributed by atoms with Crippen molar-refractivity contribution in [3.05, 3.63) is 52.1 Å². The van der Waals surface area contributed by atoms with E-state index in [1.165, 1.54) is 12.1 Å². The summed E-state index contributed by atoms with van der Waals surface area (Å²) in [5.74, 6) is 0.747. The molecular formula is C14H18N4O2. The molecule has 1 aliphatic carbocycles. The highest BCUT2D eigenvalue weighted by molar-refractivity contribution is 5.80. The summed E-state index contributed by atoms with van der Waals surface area (Å²) >= 11 is 0. The molecular weight excluding hydrogens is 256 g/mol. The second kappa shape index (κ2) is 6.70. The van der Waals surface area contributed by atoms with Gasteiger partial charge in [0.15, 0.2) is 5.96 Å². The van der Waals surface area contributed by atoms with Gasteiger partial charge in [-0.15, -0.1) is 0 Å². The fourth-order valence-corrected chi connectivity index (χ4v) is 2.04. The first-order valence-electron chi connectivity index (χ1n) is 6.54. The number of rotatable bonds is 4. The maximum atomic E-state index is 10.6. The maximum absolute atomic E-state index is 10.6. The van der Waals surface area contributed by atoms with Crippen LogP contribution in [0.3, 0.4) is 0 Å². The van der Waals surface area contributed by atoms with Crippen molar-refractivity contribution in [2.45, 2.75) is 25.4 Å². The van der Waals surface area contributed by atoms with Crippen molar-refractivity contribution in [2.24, 2.45) is 4.99 Å². The van der Waals surface area contributed by atoms with Gasteiger partial charge in [0.25, 0.3) is 5.69 Å². The molecule has 2 N–H and O–H groups in total. The van der Waals surface area contributed by atoms with Gasteiger partial charge in [-0.05, 0) is 18.4 Å². The van der Waals surface area contributed by atoms with E-state index >= 15 is 0 Å². The van der Waals surface area contributed by atoms with Gasteiger partial charge in [-0.2, -0.15) is 0 Å². The van der Waals surface area contributed by atoms with Crippen LogP contribution in [0.4, 0.5) is 5.69 Å². The molecule has 0 fully saturated rings. The number of aliphatic imine (C=N–C) groups is 1. The van der Waals surface area contributed by atoms with Crippen LogP contribution < -0.4 is 10.6 Å². The third kappa shape index (κ3) is 3.81. The molecule has 6 nitrogen and oxygen atoms in total. The lowest BCUT2D eigenvalue weighted by molar-refractivity contribution is -0.384. The minimum Gasteiger partial charge on any atom is -0.353 e. The molecule has 0 heterocycles. The summed E-state index contributed by atoms with van der Waals surface area (Å²) in [5.41, 5.74) is 1.08. The molecule has 0 saturated carbocycles. The lowest BCUT2D eigenvalue weighted by atomic mass is 10.2. The Labute approximate surface area is 117 Å². The number of guanidine groups is 1. The standard InChI is InChI=1S/C14H18N4O2/c1-15-14(17-12-4-2-3-5-12)16-10-11-6-8-13(9-7-11)18(19)20/h2-3,6-9,12H,4-5,10H2,1H3,(H2,15,16,17). The molecule has 0 aliphatic heterocycles. The molecule has 1 aromatic rings. The Morgan fingerprint density at radius 1 is 1.35 bits per heavy atom. The molecule has 0 unspecified atom stereocenters. The number of hydrogen-bond acceptors (Lipinski definition) is 3. The van der Waals surface area contributed by atoms with E-state index in [0.717, 1.165) is 24.4 Å². The quantitative estimate of drug-likeness (QED) is 0.289. The number of benzene rings is 1. The Morgan fingerprint density at radius 2 is 2.00 bits per heavy atom. The van der Waals surface area contributed by atoms with Crippen LogP contribution in [0.15, 0.2) is 41.4 Å². The van der Waals surface area contributed by atoms with Crippen LogP contribution in [-0.4, -0.2) is 24.0 Å².